The molecule has 0 spiro atoms. The maximum atomic E-state index is 13.1. The fourth-order valence-electron chi connectivity index (χ4n) is 3.93. The molecule has 0 radical (unpaired) electrons. The van der Waals surface area contributed by atoms with Crippen LogP contribution in [0.1, 0.15) is 56.5 Å². The molecule has 3 rings (SSSR count). The molecule has 0 amide bonds. The topological polar surface area (TPSA) is 45.8 Å². The Labute approximate surface area is 108 Å². The van der Waals surface area contributed by atoms with Crippen LogP contribution in [-0.4, -0.2) is 9.97 Å². The minimum absolute atomic E-state index is 0.187. The minimum Gasteiger partial charge on any atom is -0.309 e. The first-order chi connectivity index (χ1) is 8.59. The number of aromatic nitrogens is 2. The van der Waals surface area contributed by atoms with Gasteiger partial charge in [-0.05, 0) is 24.2 Å². The summed E-state index contributed by atoms with van der Waals surface area (Å²) in [5, 5.41) is 0. The molecule has 1 saturated carbocycles. The molecule has 1 fully saturated rings. The van der Waals surface area contributed by atoms with Gasteiger partial charge in [-0.15, -0.1) is 0 Å². The molecule has 0 aromatic carbocycles. The van der Waals surface area contributed by atoms with Crippen LogP contribution in [0.4, 0.5) is 13.2 Å². The highest BCUT2D eigenvalue weighted by Crippen LogP contribution is 2.67. The predicted molar refractivity (Wildman–Crippen MR) is 63.0 cm³/mol. The number of hydrogen-bond acceptors (Lipinski definition) is 2. The van der Waals surface area contributed by atoms with E-state index in [2.05, 4.69) is 9.97 Å². The summed E-state index contributed by atoms with van der Waals surface area (Å²) in [4.78, 5) is 17.2. The normalized spacial score (nSPS) is 31.6. The number of nitrogens with zero attached hydrogens (tertiary/aromatic N) is 1. The molecule has 1 aromatic rings. The summed E-state index contributed by atoms with van der Waals surface area (Å²) in [5.41, 5.74) is -1.94. The van der Waals surface area contributed by atoms with Crippen LogP contribution in [0.5, 0.6) is 0 Å². The summed E-state index contributed by atoms with van der Waals surface area (Å²) in [5.74, 6) is -0.187. The van der Waals surface area contributed by atoms with Crippen molar-refractivity contribution in [2.75, 3.05) is 0 Å². The monoisotopic (exact) mass is 272 g/mol. The number of fused-ring (bicyclic) bond motifs is 5. The molecule has 1 aromatic heterocycles. The Bertz CT molecular complexity index is 617. The molecule has 2 aliphatic carbocycles. The highest BCUT2D eigenvalue weighted by molar-refractivity contribution is 5.47. The van der Waals surface area contributed by atoms with E-state index in [0.717, 1.165) is 6.42 Å². The van der Waals surface area contributed by atoms with Crippen LogP contribution >= 0.6 is 0 Å². The lowest BCUT2D eigenvalue weighted by molar-refractivity contribution is -0.142. The van der Waals surface area contributed by atoms with Gasteiger partial charge in [0, 0.05) is 16.7 Å². The number of nitrogens with one attached hydrogen (secondary N) is 1. The maximum absolute atomic E-state index is 13.1. The van der Waals surface area contributed by atoms with Gasteiger partial charge in [0.15, 0.2) is 5.69 Å². The molecule has 1 heterocycles. The van der Waals surface area contributed by atoms with Gasteiger partial charge in [-0.25, -0.2) is 4.79 Å². The highest BCUT2D eigenvalue weighted by Gasteiger charge is 2.62. The first kappa shape index (κ1) is 12.7. The molecule has 104 valence electrons. The van der Waals surface area contributed by atoms with Crippen molar-refractivity contribution in [3.05, 3.63) is 27.4 Å². The van der Waals surface area contributed by atoms with Gasteiger partial charge in [-0.2, -0.15) is 18.2 Å². The van der Waals surface area contributed by atoms with E-state index < -0.39 is 23.0 Å². The number of alkyl halides is 3. The van der Waals surface area contributed by atoms with Crippen molar-refractivity contribution in [3.63, 3.8) is 0 Å². The fraction of sp³-hybridized carbons (Fsp3) is 0.692. The lowest BCUT2D eigenvalue weighted by atomic mass is 9.70. The third kappa shape index (κ3) is 1.34. The largest absolute Gasteiger partial charge is 0.433 e. The zero-order valence-electron chi connectivity index (χ0n) is 11.0. The summed E-state index contributed by atoms with van der Waals surface area (Å²) in [6.07, 6.45) is -3.06. The van der Waals surface area contributed by atoms with Gasteiger partial charge in [-0.3, -0.25) is 0 Å². The number of hydrogen-bond donors (Lipinski definition) is 1. The Morgan fingerprint density at radius 3 is 2.53 bits per heavy atom. The quantitative estimate of drug-likeness (QED) is 0.789. The SMILES string of the molecule is CC12CCC(c3c(C(F)(F)F)nc(=O)[nH]c31)C2(C)C. The van der Waals surface area contributed by atoms with E-state index in [0.29, 0.717) is 12.1 Å². The Hall–Kier alpha value is -1.33. The summed E-state index contributed by atoms with van der Waals surface area (Å²) < 4.78 is 39.3. The van der Waals surface area contributed by atoms with Crippen LogP contribution < -0.4 is 5.69 Å². The van der Waals surface area contributed by atoms with Crippen molar-refractivity contribution in [3.8, 4) is 0 Å². The minimum atomic E-state index is -4.57. The molecule has 3 nitrogen and oxygen atoms in total. The second kappa shape index (κ2) is 3.22. The lowest BCUT2D eigenvalue weighted by Gasteiger charge is -2.34. The van der Waals surface area contributed by atoms with Gasteiger partial charge >= 0.3 is 11.9 Å². The van der Waals surface area contributed by atoms with E-state index in [1.54, 1.807) is 0 Å². The molecule has 19 heavy (non-hydrogen) atoms. The third-order valence-electron chi connectivity index (χ3n) is 5.36. The van der Waals surface area contributed by atoms with E-state index in [1.807, 2.05) is 20.8 Å². The third-order valence-corrected chi connectivity index (χ3v) is 5.36. The lowest BCUT2D eigenvalue weighted by Crippen LogP contribution is -2.33. The standard InChI is InChI=1S/C13H15F3N2O/c1-11(2)6-4-5-12(11,3)8-7(6)9(13(14,15)16)18-10(19)17-8/h6H,4-5H2,1-3H3,(H,17,18,19). The van der Waals surface area contributed by atoms with Crippen molar-refractivity contribution in [2.24, 2.45) is 5.41 Å². The van der Waals surface area contributed by atoms with Crippen LogP contribution in [0, 0.1) is 5.41 Å². The van der Waals surface area contributed by atoms with Crippen molar-refractivity contribution < 1.29 is 13.2 Å². The average Bonchev–Trinajstić information content (AvgIpc) is 2.58. The van der Waals surface area contributed by atoms with Gasteiger partial charge in [0.1, 0.15) is 0 Å². The second-order valence-electron chi connectivity index (χ2n) is 6.32. The maximum Gasteiger partial charge on any atom is 0.433 e. The first-order valence-electron chi connectivity index (χ1n) is 6.31. The Morgan fingerprint density at radius 1 is 1.32 bits per heavy atom. The van der Waals surface area contributed by atoms with Crippen LogP contribution in [0.15, 0.2) is 4.79 Å². The number of aromatic amines is 1. The summed E-state index contributed by atoms with van der Waals surface area (Å²) in [7, 11) is 0. The molecular formula is C13H15F3N2O. The van der Waals surface area contributed by atoms with E-state index in [1.165, 1.54) is 0 Å². The van der Waals surface area contributed by atoms with Gasteiger partial charge < -0.3 is 4.98 Å². The molecular weight excluding hydrogens is 257 g/mol. The Kier molecular flexibility index (Phi) is 2.15. The molecule has 0 aliphatic heterocycles. The molecule has 2 aliphatic rings. The summed E-state index contributed by atoms with van der Waals surface area (Å²) in [6, 6.07) is 0. The fourth-order valence-corrected chi connectivity index (χ4v) is 3.93. The molecule has 0 saturated heterocycles. The molecule has 6 heteroatoms. The highest BCUT2D eigenvalue weighted by atomic mass is 19.4. The summed E-state index contributed by atoms with van der Waals surface area (Å²) in [6.45, 7) is 5.89. The average molecular weight is 272 g/mol. The van der Waals surface area contributed by atoms with Gasteiger partial charge in [0.25, 0.3) is 0 Å². The van der Waals surface area contributed by atoms with Gasteiger partial charge in [0.2, 0.25) is 0 Å². The van der Waals surface area contributed by atoms with E-state index in [4.69, 9.17) is 0 Å². The van der Waals surface area contributed by atoms with Crippen molar-refractivity contribution in [1.29, 1.82) is 0 Å². The summed E-state index contributed by atoms with van der Waals surface area (Å²) >= 11 is 0. The van der Waals surface area contributed by atoms with Gasteiger partial charge in [0.05, 0.1) is 0 Å². The van der Waals surface area contributed by atoms with Crippen molar-refractivity contribution >= 4 is 0 Å². The van der Waals surface area contributed by atoms with E-state index >= 15 is 0 Å². The predicted octanol–water partition coefficient (Wildman–Crippen LogP) is 2.96. The van der Waals surface area contributed by atoms with Crippen LogP contribution in [0.25, 0.3) is 0 Å². The van der Waals surface area contributed by atoms with E-state index in [-0.39, 0.29) is 16.9 Å². The van der Waals surface area contributed by atoms with Crippen LogP contribution in [0.2, 0.25) is 0 Å². The second-order valence-corrected chi connectivity index (χ2v) is 6.32. The first-order valence-corrected chi connectivity index (χ1v) is 6.31. The van der Waals surface area contributed by atoms with Crippen LogP contribution in [-0.2, 0) is 11.6 Å². The molecule has 1 N–H and O–H groups in total. The zero-order chi connectivity index (χ0) is 14.2. The number of H-pyrrole nitrogens is 1. The number of rotatable bonds is 0. The smallest absolute Gasteiger partial charge is 0.309 e. The Morgan fingerprint density at radius 2 is 1.95 bits per heavy atom. The molecule has 2 atom stereocenters. The van der Waals surface area contributed by atoms with E-state index in [9.17, 15) is 18.0 Å². The van der Waals surface area contributed by atoms with Crippen LogP contribution in [0.3, 0.4) is 0 Å². The van der Waals surface area contributed by atoms with Gasteiger partial charge in [-0.1, -0.05) is 20.8 Å². The molecule has 2 bridgehead atoms. The Balaban J connectivity index is 2.37. The number of halogens is 3. The molecule has 2 unspecified atom stereocenters. The van der Waals surface area contributed by atoms with Crippen molar-refractivity contribution in [1.82, 2.24) is 9.97 Å². The zero-order valence-corrected chi connectivity index (χ0v) is 11.0. The van der Waals surface area contributed by atoms with Crippen molar-refractivity contribution in [2.45, 2.75) is 51.1 Å².